The van der Waals surface area contributed by atoms with Crippen LogP contribution in [0.5, 0.6) is 0 Å². The summed E-state index contributed by atoms with van der Waals surface area (Å²) in [6, 6.07) is 0.201. The number of hydrogen-bond acceptors (Lipinski definition) is 3. The van der Waals surface area contributed by atoms with Crippen LogP contribution in [0, 0.1) is 6.92 Å². The highest BCUT2D eigenvalue weighted by molar-refractivity contribution is 7.09. The molecule has 1 aromatic heterocycles. The van der Waals surface area contributed by atoms with Crippen molar-refractivity contribution in [2.75, 3.05) is 0 Å². The van der Waals surface area contributed by atoms with Crippen LogP contribution >= 0.6 is 11.3 Å². The monoisotopic (exact) mass is 198 g/mol. The van der Waals surface area contributed by atoms with E-state index < -0.39 is 0 Å². The molecule has 13 heavy (non-hydrogen) atoms. The number of aryl methyl sites for hydroxylation is 1. The summed E-state index contributed by atoms with van der Waals surface area (Å²) in [6.07, 6.45) is 0.391. The van der Waals surface area contributed by atoms with Crippen molar-refractivity contribution in [2.45, 2.75) is 33.2 Å². The van der Waals surface area contributed by atoms with Gasteiger partial charge in [0.2, 0.25) is 5.91 Å². The maximum Gasteiger partial charge on any atom is 0.226 e. The summed E-state index contributed by atoms with van der Waals surface area (Å²) in [6.45, 7) is 5.84. The molecule has 0 bridgehead atoms. The van der Waals surface area contributed by atoms with Gasteiger partial charge in [-0.2, -0.15) is 0 Å². The van der Waals surface area contributed by atoms with Crippen LogP contribution in [0.3, 0.4) is 0 Å². The van der Waals surface area contributed by atoms with Crippen LogP contribution in [-0.2, 0) is 11.2 Å². The zero-order valence-corrected chi connectivity index (χ0v) is 8.94. The van der Waals surface area contributed by atoms with Gasteiger partial charge in [-0.15, -0.1) is 11.3 Å². The number of hydrogen-bond donors (Lipinski definition) is 1. The van der Waals surface area contributed by atoms with Crippen molar-refractivity contribution in [1.29, 1.82) is 0 Å². The van der Waals surface area contributed by atoms with Crippen LogP contribution in [0.25, 0.3) is 0 Å². The van der Waals surface area contributed by atoms with E-state index in [1.165, 1.54) is 0 Å². The van der Waals surface area contributed by atoms with Crippen LogP contribution in [0.1, 0.15) is 24.5 Å². The van der Waals surface area contributed by atoms with Crippen molar-refractivity contribution in [3.8, 4) is 0 Å². The van der Waals surface area contributed by atoms with Crippen molar-refractivity contribution in [3.05, 3.63) is 16.1 Å². The predicted octanol–water partition coefficient (Wildman–Crippen LogP) is 1.52. The van der Waals surface area contributed by atoms with E-state index in [0.717, 1.165) is 10.7 Å². The van der Waals surface area contributed by atoms with Gasteiger partial charge in [-0.3, -0.25) is 4.79 Å². The van der Waals surface area contributed by atoms with E-state index in [1.807, 2.05) is 26.2 Å². The lowest BCUT2D eigenvalue weighted by atomic mass is 10.3. The Balaban J connectivity index is 2.45. The van der Waals surface area contributed by atoms with Crippen LogP contribution in [0.4, 0.5) is 0 Å². The standard InChI is InChI=1S/C9H14N2OS/c1-6(2)10-9(12)4-8-5-13-7(3)11-8/h5-6H,4H2,1-3H3,(H,10,12). The van der Waals surface area contributed by atoms with E-state index >= 15 is 0 Å². The molecule has 3 nitrogen and oxygen atoms in total. The summed E-state index contributed by atoms with van der Waals surface area (Å²) in [5.74, 6) is 0.0419. The summed E-state index contributed by atoms with van der Waals surface area (Å²) in [5, 5.41) is 5.76. The molecule has 72 valence electrons. The number of amides is 1. The molecule has 1 amide bonds. The van der Waals surface area contributed by atoms with Crippen LogP contribution in [0.15, 0.2) is 5.38 Å². The highest BCUT2D eigenvalue weighted by Gasteiger charge is 2.06. The zero-order chi connectivity index (χ0) is 9.84. The van der Waals surface area contributed by atoms with E-state index in [0.29, 0.717) is 6.42 Å². The Labute approximate surface area is 82.2 Å². The molecule has 0 aliphatic carbocycles. The lowest BCUT2D eigenvalue weighted by molar-refractivity contribution is -0.120. The number of thiazole rings is 1. The van der Waals surface area contributed by atoms with Crippen LogP contribution in [0.2, 0.25) is 0 Å². The van der Waals surface area contributed by atoms with Gasteiger partial charge in [-0.1, -0.05) is 0 Å². The Morgan fingerprint density at radius 1 is 1.69 bits per heavy atom. The number of aromatic nitrogens is 1. The lowest BCUT2D eigenvalue weighted by Gasteiger charge is -2.06. The first-order valence-electron chi connectivity index (χ1n) is 4.28. The van der Waals surface area contributed by atoms with Gasteiger partial charge in [-0.05, 0) is 20.8 Å². The summed E-state index contributed by atoms with van der Waals surface area (Å²) in [4.78, 5) is 15.5. The van der Waals surface area contributed by atoms with E-state index in [4.69, 9.17) is 0 Å². The molecule has 0 aromatic carbocycles. The van der Waals surface area contributed by atoms with Gasteiger partial charge >= 0.3 is 0 Å². The molecule has 0 radical (unpaired) electrons. The molecule has 1 rings (SSSR count). The van der Waals surface area contributed by atoms with Crippen molar-refractivity contribution < 1.29 is 4.79 Å². The first-order valence-corrected chi connectivity index (χ1v) is 5.16. The van der Waals surface area contributed by atoms with E-state index in [2.05, 4.69) is 10.3 Å². The molecule has 1 N–H and O–H groups in total. The quantitative estimate of drug-likeness (QED) is 0.800. The third kappa shape index (κ3) is 3.55. The highest BCUT2D eigenvalue weighted by atomic mass is 32.1. The molecule has 0 spiro atoms. The molecule has 1 heterocycles. The van der Waals surface area contributed by atoms with Gasteiger partial charge in [0.05, 0.1) is 17.1 Å². The smallest absolute Gasteiger partial charge is 0.226 e. The maximum atomic E-state index is 11.3. The fraction of sp³-hybridized carbons (Fsp3) is 0.556. The van der Waals surface area contributed by atoms with Crippen LogP contribution < -0.4 is 5.32 Å². The zero-order valence-electron chi connectivity index (χ0n) is 8.13. The average Bonchev–Trinajstić information content (AvgIpc) is 2.33. The Morgan fingerprint density at radius 2 is 2.38 bits per heavy atom. The van der Waals surface area contributed by atoms with Crippen LogP contribution in [-0.4, -0.2) is 16.9 Å². The molecule has 0 fully saturated rings. The van der Waals surface area contributed by atoms with Crippen molar-refractivity contribution in [3.63, 3.8) is 0 Å². The summed E-state index contributed by atoms with van der Waals surface area (Å²) >= 11 is 1.57. The van der Waals surface area contributed by atoms with E-state index in [9.17, 15) is 4.79 Å². The third-order valence-electron chi connectivity index (χ3n) is 1.46. The molecular formula is C9H14N2OS. The van der Waals surface area contributed by atoms with Crippen molar-refractivity contribution >= 4 is 17.2 Å². The van der Waals surface area contributed by atoms with Gasteiger partial charge in [-0.25, -0.2) is 4.98 Å². The Morgan fingerprint density at radius 3 is 2.85 bits per heavy atom. The second kappa shape index (κ2) is 4.37. The highest BCUT2D eigenvalue weighted by Crippen LogP contribution is 2.08. The largest absolute Gasteiger partial charge is 0.354 e. The minimum Gasteiger partial charge on any atom is -0.354 e. The first kappa shape index (κ1) is 10.2. The average molecular weight is 198 g/mol. The number of rotatable bonds is 3. The summed E-state index contributed by atoms with van der Waals surface area (Å²) < 4.78 is 0. The molecule has 0 atom stereocenters. The predicted molar refractivity (Wildman–Crippen MR) is 53.8 cm³/mol. The number of nitrogens with one attached hydrogen (secondary N) is 1. The minimum atomic E-state index is 0.0419. The van der Waals surface area contributed by atoms with Crippen molar-refractivity contribution in [2.24, 2.45) is 0 Å². The van der Waals surface area contributed by atoms with Gasteiger partial charge in [0, 0.05) is 11.4 Å². The fourth-order valence-corrected chi connectivity index (χ4v) is 1.64. The summed E-state index contributed by atoms with van der Waals surface area (Å²) in [5.41, 5.74) is 0.862. The number of nitrogens with zero attached hydrogens (tertiary/aromatic N) is 1. The topological polar surface area (TPSA) is 42.0 Å². The van der Waals surface area contributed by atoms with Crippen molar-refractivity contribution in [1.82, 2.24) is 10.3 Å². The van der Waals surface area contributed by atoms with Gasteiger partial charge in [0.25, 0.3) is 0 Å². The molecule has 0 aliphatic rings. The summed E-state index contributed by atoms with van der Waals surface area (Å²) in [7, 11) is 0. The molecule has 0 unspecified atom stereocenters. The normalized spacial score (nSPS) is 10.5. The molecule has 0 saturated heterocycles. The second-order valence-electron chi connectivity index (χ2n) is 3.26. The Hall–Kier alpha value is -0.900. The van der Waals surface area contributed by atoms with Gasteiger partial charge < -0.3 is 5.32 Å². The molecule has 1 aromatic rings. The fourth-order valence-electron chi connectivity index (χ4n) is 1.03. The number of carbonyl (C=O) groups excluding carboxylic acids is 1. The SMILES string of the molecule is Cc1nc(CC(=O)NC(C)C)cs1. The van der Waals surface area contributed by atoms with Gasteiger partial charge in [0.15, 0.2) is 0 Å². The second-order valence-corrected chi connectivity index (χ2v) is 4.32. The molecular weight excluding hydrogens is 184 g/mol. The first-order chi connectivity index (χ1) is 6.08. The molecule has 4 heteroatoms. The Kier molecular flexibility index (Phi) is 3.42. The lowest BCUT2D eigenvalue weighted by Crippen LogP contribution is -2.31. The van der Waals surface area contributed by atoms with E-state index in [-0.39, 0.29) is 11.9 Å². The molecule has 0 aliphatic heterocycles. The Bertz CT molecular complexity index is 294. The minimum absolute atomic E-state index is 0.0419. The maximum absolute atomic E-state index is 11.3. The van der Waals surface area contributed by atoms with E-state index in [1.54, 1.807) is 11.3 Å². The number of carbonyl (C=O) groups is 1. The van der Waals surface area contributed by atoms with Gasteiger partial charge in [0.1, 0.15) is 0 Å². The molecule has 0 saturated carbocycles. The third-order valence-corrected chi connectivity index (χ3v) is 2.28.